The minimum atomic E-state index is -4.29. The molecule has 2 aromatic carbocycles. The molecule has 78 valence electrons. The van der Waals surface area contributed by atoms with Crippen molar-refractivity contribution in [2.75, 3.05) is 0 Å². The second-order valence-electron chi connectivity index (χ2n) is 3.11. The van der Waals surface area contributed by atoms with E-state index < -0.39 is 10.1 Å². The molecule has 0 fully saturated rings. The minimum absolute atomic E-state index is 0.238. The molecule has 0 aromatic heterocycles. The number of hydrogen-bond donors (Lipinski definition) is 1. The fraction of sp³-hybridized carbons (Fsp3) is 0. The van der Waals surface area contributed by atoms with Gasteiger partial charge in [0.05, 0.1) is 0 Å². The Morgan fingerprint density at radius 2 is 1.87 bits per heavy atom. The average Bonchev–Trinajstić information content (AvgIpc) is 2.15. The third-order valence-electron chi connectivity index (χ3n) is 2.09. The lowest BCUT2D eigenvalue weighted by molar-refractivity contribution is -0.268. The number of hydrogen-bond acceptors (Lipinski definition) is 3. The van der Waals surface area contributed by atoms with Gasteiger partial charge in [0, 0.05) is 5.39 Å². The van der Waals surface area contributed by atoms with Gasteiger partial charge in [0.2, 0.25) is 0 Å². The van der Waals surface area contributed by atoms with Crippen molar-refractivity contribution in [1.82, 2.24) is 0 Å². The van der Waals surface area contributed by atoms with E-state index >= 15 is 0 Å². The van der Waals surface area contributed by atoms with Crippen LogP contribution < -0.4 is 5.11 Å². The summed E-state index contributed by atoms with van der Waals surface area (Å²) in [6, 6.07) is 8.50. The highest BCUT2D eigenvalue weighted by Gasteiger charge is 2.12. The summed E-state index contributed by atoms with van der Waals surface area (Å²) in [6.07, 6.45) is 0. The molecule has 0 radical (unpaired) electrons. The molecular weight excluding hydrogens is 216 g/mol. The number of rotatable bonds is 1. The first kappa shape index (κ1) is 9.95. The summed E-state index contributed by atoms with van der Waals surface area (Å²) in [5, 5.41) is 11.9. The lowest BCUT2D eigenvalue weighted by Crippen LogP contribution is -1.99. The van der Waals surface area contributed by atoms with Crippen LogP contribution in [0.1, 0.15) is 0 Å². The molecule has 0 aliphatic heterocycles. The topological polar surface area (TPSA) is 77.4 Å². The van der Waals surface area contributed by atoms with Gasteiger partial charge >= 0.3 is 0 Å². The van der Waals surface area contributed by atoms with E-state index in [0.29, 0.717) is 5.39 Å². The molecule has 1 N–H and O–H groups in total. The zero-order valence-corrected chi connectivity index (χ0v) is 8.36. The molecule has 0 saturated carbocycles. The van der Waals surface area contributed by atoms with E-state index in [4.69, 9.17) is 4.55 Å². The van der Waals surface area contributed by atoms with E-state index in [-0.39, 0.29) is 16.0 Å². The first-order chi connectivity index (χ1) is 6.98. The molecule has 2 aromatic rings. The van der Waals surface area contributed by atoms with Crippen molar-refractivity contribution in [3.8, 4) is 5.75 Å². The van der Waals surface area contributed by atoms with Crippen molar-refractivity contribution in [1.29, 1.82) is 0 Å². The summed E-state index contributed by atoms with van der Waals surface area (Å²) in [5.74, 6) is -0.293. The molecule has 4 nitrogen and oxygen atoms in total. The van der Waals surface area contributed by atoms with E-state index in [1.54, 1.807) is 6.07 Å². The van der Waals surface area contributed by atoms with Gasteiger partial charge in [-0.05, 0) is 11.5 Å². The molecule has 0 amide bonds. The first-order valence-electron chi connectivity index (χ1n) is 4.16. The SMILES string of the molecule is O=S(=O)(O)c1cccc2ccc([O-])cc12. The van der Waals surface area contributed by atoms with Crippen molar-refractivity contribution in [2.45, 2.75) is 4.90 Å². The Hall–Kier alpha value is -1.59. The Bertz CT molecular complexity index is 616. The van der Waals surface area contributed by atoms with E-state index in [2.05, 4.69) is 0 Å². The van der Waals surface area contributed by atoms with Crippen LogP contribution in [-0.2, 0) is 10.1 Å². The highest BCUT2D eigenvalue weighted by atomic mass is 32.2. The maximum atomic E-state index is 11.1. The molecule has 0 saturated heterocycles. The summed E-state index contributed by atoms with van der Waals surface area (Å²) < 4.78 is 31.0. The van der Waals surface area contributed by atoms with Crippen LogP contribution in [0.15, 0.2) is 41.3 Å². The maximum absolute atomic E-state index is 11.1. The monoisotopic (exact) mass is 223 g/mol. The Kier molecular flexibility index (Phi) is 2.13. The van der Waals surface area contributed by atoms with Gasteiger partial charge in [-0.15, -0.1) is 5.75 Å². The highest BCUT2D eigenvalue weighted by molar-refractivity contribution is 7.86. The van der Waals surface area contributed by atoms with Gasteiger partial charge in [-0.25, -0.2) is 0 Å². The number of benzene rings is 2. The first-order valence-corrected chi connectivity index (χ1v) is 5.60. The second kappa shape index (κ2) is 3.22. The van der Waals surface area contributed by atoms with Crippen molar-refractivity contribution in [3.63, 3.8) is 0 Å². The summed E-state index contributed by atoms with van der Waals surface area (Å²) >= 11 is 0. The van der Waals surface area contributed by atoms with Crippen LogP contribution in [0, 0.1) is 0 Å². The van der Waals surface area contributed by atoms with Gasteiger partial charge in [-0.3, -0.25) is 4.55 Å². The highest BCUT2D eigenvalue weighted by Crippen LogP contribution is 2.25. The smallest absolute Gasteiger partial charge is 0.295 e. The molecular formula is C10H7O4S-. The Morgan fingerprint density at radius 1 is 1.13 bits per heavy atom. The summed E-state index contributed by atoms with van der Waals surface area (Å²) in [5.41, 5.74) is 0. The quantitative estimate of drug-likeness (QED) is 0.736. The zero-order chi connectivity index (χ0) is 11.1. The van der Waals surface area contributed by atoms with E-state index in [1.165, 1.54) is 30.3 Å². The van der Waals surface area contributed by atoms with Crippen LogP contribution >= 0.6 is 0 Å². The number of fused-ring (bicyclic) bond motifs is 1. The molecule has 2 rings (SSSR count). The van der Waals surface area contributed by atoms with Gasteiger partial charge < -0.3 is 5.11 Å². The second-order valence-corrected chi connectivity index (χ2v) is 4.50. The minimum Gasteiger partial charge on any atom is -0.872 e. The predicted molar refractivity (Wildman–Crippen MR) is 53.2 cm³/mol. The third-order valence-corrected chi connectivity index (χ3v) is 3.00. The summed E-state index contributed by atoms with van der Waals surface area (Å²) in [7, 11) is -4.29. The van der Waals surface area contributed by atoms with Crippen molar-refractivity contribution in [2.24, 2.45) is 0 Å². The molecule has 0 atom stereocenters. The normalized spacial score (nSPS) is 11.8. The molecule has 0 unspecified atom stereocenters. The Labute approximate surface area is 86.5 Å². The molecule has 15 heavy (non-hydrogen) atoms. The van der Waals surface area contributed by atoms with Gasteiger partial charge in [0.1, 0.15) is 4.90 Å². The maximum Gasteiger partial charge on any atom is 0.295 e. The van der Waals surface area contributed by atoms with Crippen molar-refractivity contribution in [3.05, 3.63) is 36.4 Å². The lowest BCUT2D eigenvalue weighted by atomic mass is 10.1. The lowest BCUT2D eigenvalue weighted by Gasteiger charge is -2.08. The average molecular weight is 223 g/mol. The van der Waals surface area contributed by atoms with Crippen LogP contribution in [-0.4, -0.2) is 13.0 Å². The van der Waals surface area contributed by atoms with Gasteiger partial charge in [0.15, 0.2) is 0 Å². The van der Waals surface area contributed by atoms with Crippen LogP contribution in [0.2, 0.25) is 0 Å². The predicted octanol–water partition coefficient (Wildman–Crippen LogP) is 1.16. The largest absolute Gasteiger partial charge is 0.872 e. The molecule has 5 heteroatoms. The Morgan fingerprint density at radius 3 is 2.53 bits per heavy atom. The van der Waals surface area contributed by atoms with E-state index in [1.807, 2.05) is 0 Å². The fourth-order valence-electron chi connectivity index (χ4n) is 1.45. The summed E-state index contributed by atoms with van der Waals surface area (Å²) in [6.45, 7) is 0. The van der Waals surface area contributed by atoms with Crippen LogP contribution in [0.25, 0.3) is 10.8 Å². The molecule has 0 heterocycles. The van der Waals surface area contributed by atoms with Crippen LogP contribution in [0.3, 0.4) is 0 Å². The van der Waals surface area contributed by atoms with Crippen LogP contribution in [0.5, 0.6) is 5.75 Å². The summed E-state index contributed by atoms with van der Waals surface area (Å²) in [4.78, 5) is -0.238. The van der Waals surface area contributed by atoms with Crippen molar-refractivity contribution >= 4 is 20.9 Å². The van der Waals surface area contributed by atoms with Crippen molar-refractivity contribution < 1.29 is 18.1 Å². The fourth-order valence-corrected chi connectivity index (χ4v) is 2.15. The molecule has 0 aliphatic rings. The van der Waals surface area contributed by atoms with Gasteiger partial charge in [0.25, 0.3) is 10.1 Å². The van der Waals surface area contributed by atoms with E-state index in [9.17, 15) is 13.5 Å². The molecule has 0 bridgehead atoms. The van der Waals surface area contributed by atoms with Crippen LogP contribution in [0.4, 0.5) is 0 Å². The Balaban J connectivity index is 2.92. The third kappa shape index (κ3) is 1.79. The zero-order valence-electron chi connectivity index (χ0n) is 7.54. The molecule has 0 aliphatic carbocycles. The van der Waals surface area contributed by atoms with E-state index in [0.717, 1.165) is 0 Å². The van der Waals surface area contributed by atoms with Gasteiger partial charge in [-0.2, -0.15) is 8.42 Å². The molecule has 0 spiro atoms. The standard InChI is InChI=1S/C10H8O4S/c11-8-5-4-7-2-1-3-10(9(7)6-8)15(12,13)14/h1-6,11H,(H,12,13,14)/p-1. The van der Waals surface area contributed by atoms with Gasteiger partial charge in [-0.1, -0.05) is 30.3 Å².